The SMILES string of the molecule is O=S(=O)(O)c1cc(O)c2[nH]ncc2c1. The summed E-state index contributed by atoms with van der Waals surface area (Å²) in [5.74, 6) is -0.271. The maximum atomic E-state index is 10.8. The van der Waals surface area contributed by atoms with Gasteiger partial charge in [0, 0.05) is 11.5 Å². The van der Waals surface area contributed by atoms with Crippen molar-refractivity contribution in [1.29, 1.82) is 0 Å². The molecule has 0 aliphatic carbocycles. The molecule has 0 saturated carbocycles. The van der Waals surface area contributed by atoms with Crippen LogP contribution in [0.4, 0.5) is 0 Å². The zero-order valence-corrected chi connectivity index (χ0v) is 7.61. The van der Waals surface area contributed by atoms with E-state index in [1.165, 1.54) is 12.3 Å². The molecule has 0 fully saturated rings. The monoisotopic (exact) mass is 214 g/mol. The molecule has 1 aromatic carbocycles. The number of aromatic hydroxyl groups is 1. The third kappa shape index (κ3) is 1.32. The molecule has 7 heteroatoms. The number of aromatic nitrogens is 2. The predicted molar refractivity (Wildman–Crippen MR) is 47.6 cm³/mol. The fourth-order valence-electron chi connectivity index (χ4n) is 1.16. The van der Waals surface area contributed by atoms with Gasteiger partial charge < -0.3 is 5.11 Å². The number of hydrogen-bond donors (Lipinski definition) is 3. The van der Waals surface area contributed by atoms with Crippen molar-refractivity contribution in [2.75, 3.05) is 0 Å². The molecule has 0 amide bonds. The largest absolute Gasteiger partial charge is 0.506 e. The van der Waals surface area contributed by atoms with E-state index in [0.717, 1.165) is 6.07 Å². The van der Waals surface area contributed by atoms with Crippen LogP contribution in [0.3, 0.4) is 0 Å². The molecule has 0 spiro atoms. The Morgan fingerprint density at radius 1 is 1.36 bits per heavy atom. The zero-order valence-electron chi connectivity index (χ0n) is 6.80. The highest BCUT2D eigenvalue weighted by Crippen LogP contribution is 2.26. The second kappa shape index (κ2) is 2.69. The molecule has 0 atom stereocenters. The number of fused-ring (bicyclic) bond motifs is 1. The van der Waals surface area contributed by atoms with Crippen molar-refractivity contribution >= 4 is 21.0 Å². The third-order valence-corrected chi connectivity index (χ3v) is 2.63. The van der Waals surface area contributed by atoms with Gasteiger partial charge in [0.05, 0.1) is 11.1 Å². The maximum Gasteiger partial charge on any atom is 0.294 e. The molecule has 0 radical (unpaired) electrons. The highest BCUT2D eigenvalue weighted by molar-refractivity contribution is 7.85. The Labute approximate surface area is 78.9 Å². The molecule has 1 aromatic heterocycles. The maximum absolute atomic E-state index is 10.8. The molecular formula is C7H6N2O4S. The lowest BCUT2D eigenvalue weighted by Crippen LogP contribution is -1.97. The molecule has 6 nitrogen and oxygen atoms in total. The van der Waals surface area contributed by atoms with Crippen LogP contribution < -0.4 is 0 Å². The second-order valence-electron chi connectivity index (χ2n) is 2.75. The summed E-state index contributed by atoms with van der Waals surface area (Å²) in [6.45, 7) is 0. The number of nitrogens with zero attached hydrogens (tertiary/aromatic N) is 1. The number of hydrogen-bond acceptors (Lipinski definition) is 4. The number of H-pyrrole nitrogens is 1. The summed E-state index contributed by atoms with van der Waals surface area (Å²) in [6, 6.07) is 2.17. The van der Waals surface area contributed by atoms with Crippen LogP contribution in [-0.2, 0) is 10.1 Å². The van der Waals surface area contributed by atoms with E-state index in [4.69, 9.17) is 4.55 Å². The van der Waals surface area contributed by atoms with E-state index < -0.39 is 10.1 Å². The number of rotatable bonds is 1. The van der Waals surface area contributed by atoms with Gasteiger partial charge in [-0.15, -0.1) is 0 Å². The zero-order chi connectivity index (χ0) is 10.3. The van der Waals surface area contributed by atoms with Gasteiger partial charge in [-0.05, 0) is 6.07 Å². The Hall–Kier alpha value is -1.60. The third-order valence-electron chi connectivity index (χ3n) is 1.80. The Balaban J connectivity index is 2.83. The van der Waals surface area contributed by atoms with Gasteiger partial charge in [-0.2, -0.15) is 13.5 Å². The first-order chi connectivity index (χ1) is 6.48. The first-order valence-corrected chi connectivity index (χ1v) is 5.06. The fourth-order valence-corrected chi connectivity index (χ4v) is 1.70. The molecule has 74 valence electrons. The minimum absolute atomic E-state index is 0.271. The average molecular weight is 214 g/mol. The van der Waals surface area contributed by atoms with Gasteiger partial charge in [0.1, 0.15) is 11.3 Å². The van der Waals surface area contributed by atoms with Crippen molar-refractivity contribution in [3.05, 3.63) is 18.3 Å². The van der Waals surface area contributed by atoms with Gasteiger partial charge in [0.15, 0.2) is 0 Å². The summed E-state index contributed by atoms with van der Waals surface area (Å²) in [7, 11) is -4.30. The minimum atomic E-state index is -4.30. The number of phenolic OH excluding ortho intramolecular Hbond substituents is 1. The van der Waals surface area contributed by atoms with E-state index in [1.807, 2.05) is 0 Å². The fraction of sp³-hybridized carbons (Fsp3) is 0. The summed E-state index contributed by atoms with van der Waals surface area (Å²) in [5, 5.41) is 15.9. The second-order valence-corrected chi connectivity index (χ2v) is 4.17. The number of benzene rings is 1. The Kier molecular flexibility index (Phi) is 1.73. The number of aromatic amines is 1. The molecule has 0 aliphatic rings. The van der Waals surface area contributed by atoms with Crippen LogP contribution in [0.25, 0.3) is 10.9 Å². The van der Waals surface area contributed by atoms with Crippen molar-refractivity contribution < 1.29 is 18.1 Å². The van der Waals surface area contributed by atoms with Crippen LogP contribution in [0.1, 0.15) is 0 Å². The van der Waals surface area contributed by atoms with Crippen molar-refractivity contribution in [3.8, 4) is 5.75 Å². The quantitative estimate of drug-likeness (QED) is 0.600. The Morgan fingerprint density at radius 2 is 2.07 bits per heavy atom. The van der Waals surface area contributed by atoms with Crippen LogP contribution in [0.2, 0.25) is 0 Å². The van der Waals surface area contributed by atoms with Crippen LogP contribution in [-0.4, -0.2) is 28.3 Å². The van der Waals surface area contributed by atoms with Gasteiger partial charge in [-0.25, -0.2) is 0 Å². The topological polar surface area (TPSA) is 103 Å². The lowest BCUT2D eigenvalue weighted by Gasteiger charge is -1.98. The van der Waals surface area contributed by atoms with Crippen LogP contribution in [0.15, 0.2) is 23.2 Å². The molecule has 1 heterocycles. The molecule has 3 N–H and O–H groups in total. The average Bonchev–Trinajstić information content (AvgIpc) is 2.50. The Morgan fingerprint density at radius 3 is 2.71 bits per heavy atom. The van der Waals surface area contributed by atoms with Crippen LogP contribution >= 0.6 is 0 Å². The van der Waals surface area contributed by atoms with E-state index in [-0.39, 0.29) is 10.6 Å². The summed E-state index contributed by atoms with van der Waals surface area (Å²) in [5.41, 5.74) is 0.331. The molecule has 0 aliphatic heterocycles. The van der Waals surface area contributed by atoms with Crippen molar-refractivity contribution in [2.45, 2.75) is 4.90 Å². The normalized spacial score (nSPS) is 12.1. The molecule has 0 bridgehead atoms. The molecule has 2 aromatic rings. The first-order valence-electron chi connectivity index (χ1n) is 3.62. The van der Waals surface area contributed by atoms with Gasteiger partial charge >= 0.3 is 0 Å². The predicted octanol–water partition coefficient (Wildman–Crippen LogP) is 0.515. The lowest BCUT2D eigenvalue weighted by molar-refractivity contribution is 0.470. The summed E-state index contributed by atoms with van der Waals surface area (Å²) < 4.78 is 30.3. The highest BCUT2D eigenvalue weighted by atomic mass is 32.2. The van der Waals surface area contributed by atoms with Gasteiger partial charge in [-0.1, -0.05) is 0 Å². The van der Waals surface area contributed by atoms with Gasteiger partial charge in [0.25, 0.3) is 10.1 Å². The lowest BCUT2D eigenvalue weighted by atomic mass is 10.2. The van der Waals surface area contributed by atoms with E-state index in [2.05, 4.69) is 10.2 Å². The van der Waals surface area contributed by atoms with Crippen molar-refractivity contribution in [2.24, 2.45) is 0 Å². The van der Waals surface area contributed by atoms with Crippen molar-refractivity contribution in [3.63, 3.8) is 0 Å². The summed E-state index contributed by atoms with van der Waals surface area (Å²) >= 11 is 0. The Bertz CT molecular complexity index is 587. The first kappa shape index (κ1) is 8.97. The molecule has 2 rings (SSSR count). The number of nitrogens with one attached hydrogen (secondary N) is 1. The molecule has 14 heavy (non-hydrogen) atoms. The van der Waals surface area contributed by atoms with E-state index in [0.29, 0.717) is 10.9 Å². The standard InChI is InChI=1S/C7H6N2O4S/c10-6-2-5(14(11,12)13)1-4-3-8-9-7(4)6/h1-3,10H,(H,8,9)(H,11,12,13). The van der Waals surface area contributed by atoms with Gasteiger partial charge in [-0.3, -0.25) is 9.65 Å². The summed E-state index contributed by atoms with van der Waals surface area (Å²) in [6.07, 6.45) is 1.35. The van der Waals surface area contributed by atoms with Gasteiger partial charge in [0.2, 0.25) is 0 Å². The van der Waals surface area contributed by atoms with Crippen LogP contribution in [0.5, 0.6) is 5.75 Å². The molecule has 0 unspecified atom stereocenters. The van der Waals surface area contributed by atoms with Crippen molar-refractivity contribution in [1.82, 2.24) is 10.2 Å². The van der Waals surface area contributed by atoms with E-state index >= 15 is 0 Å². The van der Waals surface area contributed by atoms with E-state index in [1.54, 1.807) is 0 Å². The molecular weight excluding hydrogens is 208 g/mol. The summed E-state index contributed by atoms with van der Waals surface area (Å²) in [4.78, 5) is -0.357. The molecule has 0 saturated heterocycles. The number of phenols is 1. The minimum Gasteiger partial charge on any atom is -0.506 e. The van der Waals surface area contributed by atoms with E-state index in [9.17, 15) is 13.5 Å². The smallest absolute Gasteiger partial charge is 0.294 e. The highest BCUT2D eigenvalue weighted by Gasteiger charge is 2.13. The van der Waals surface area contributed by atoms with Crippen LogP contribution in [0, 0.1) is 0 Å².